The molecule has 1 N–H and O–H groups in total. The Labute approximate surface area is 162 Å². The number of hydrogen-bond donors (Lipinski definition) is 1. The number of aryl methyl sites for hydroxylation is 1. The van der Waals surface area contributed by atoms with Crippen LogP contribution >= 0.6 is 11.6 Å². The molecule has 0 radical (unpaired) electrons. The van der Waals surface area contributed by atoms with Crippen molar-refractivity contribution in [2.75, 3.05) is 12.4 Å². The Morgan fingerprint density at radius 2 is 2.00 bits per heavy atom. The van der Waals surface area contributed by atoms with Crippen molar-refractivity contribution in [3.8, 4) is 17.1 Å². The van der Waals surface area contributed by atoms with Crippen LogP contribution in [0.5, 0.6) is 5.75 Å². The lowest BCUT2D eigenvalue weighted by Gasteiger charge is -2.09. The average molecular weight is 386 g/mol. The summed E-state index contributed by atoms with van der Waals surface area (Å²) in [6.07, 6.45) is 1.49. The normalized spacial score (nSPS) is 10.6. The zero-order chi connectivity index (χ0) is 19.2. The number of methoxy groups -OCH3 is 1. The monoisotopic (exact) mass is 385 g/mol. The van der Waals surface area contributed by atoms with Crippen molar-refractivity contribution in [1.29, 1.82) is 0 Å². The van der Waals surface area contributed by atoms with E-state index in [1.54, 1.807) is 13.2 Å². The summed E-state index contributed by atoms with van der Waals surface area (Å²) in [5.41, 5.74) is 2.43. The minimum absolute atomic E-state index is 0.0738. The van der Waals surface area contributed by atoms with E-state index >= 15 is 0 Å². The van der Waals surface area contributed by atoms with Crippen LogP contribution in [0.2, 0.25) is 5.02 Å². The number of carbonyl (C=O) groups is 1. The number of anilines is 1. The van der Waals surface area contributed by atoms with Crippen molar-refractivity contribution >= 4 is 23.2 Å². The summed E-state index contributed by atoms with van der Waals surface area (Å²) in [5, 5.41) is 7.49. The molecule has 3 rings (SSSR count). The van der Waals surface area contributed by atoms with E-state index in [4.69, 9.17) is 20.9 Å². The van der Waals surface area contributed by atoms with Crippen LogP contribution in [0.3, 0.4) is 0 Å². The van der Waals surface area contributed by atoms with Gasteiger partial charge in [-0.05, 0) is 55.3 Å². The van der Waals surface area contributed by atoms with E-state index in [-0.39, 0.29) is 5.91 Å². The van der Waals surface area contributed by atoms with Crippen molar-refractivity contribution in [2.24, 2.45) is 0 Å². The number of rotatable bonds is 7. The van der Waals surface area contributed by atoms with Gasteiger partial charge in [-0.3, -0.25) is 4.79 Å². The summed E-state index contributed by atoms with van der Waals surface area (Å²) < 4.78 is 10.4. The second-order valence-electron chi connectivity index (χ2n) is 6.05. The minimum Gasteiger partial charge on any atom is -0.497 e. The average Bonchev–Trinajstić information content (AvgIpc) is 3.14. The minimum atomic E-state index is -0.0738. The summed E-state index contributed by atoms with van der Waals surface area (Å²) in [4.78, 5) is 16.5. The van der Waals surface area contributed by atoms with Crippen LogP contribution in [-0.2, 0) is 11.2 Å². The lowest BCUT2D eigenvalue weighted by molar-refractivity contribution is -0.116. The maximum atomic E-state index is 12.1. The van der Waals surface area contributed by atoms with Gasteiger partial charge >= 0.3 is 0 Å². The van der Waals surface area contributed by atoms with E-state index < -0.39 is 0 Å². The number of carbonyl (C=O) groups excluding carboxylic acids is 1. The van der Waals surface area contributed by atoms with Gasteiger partial charge in [-0.1, -0.05) is 22.8 Å². The van der Waals surface area contributed by atoms with Crippen molar-refractivity contribution in [1.82, 2.24) is 10.1 Å². The van der Waals surface area contributed by atoms with Gasteiger partial charge in [0.1, 0.15) is 5.75 Å². The first-order chi connectivity index (χ1) is 13.1. The molecule has 0 saturated carbocycles. The van der Waals surface area contributed by atoms with Crippen LogP contribution in [0, 0.1) is 6.92 Å². The molecule has 27 heavy (non-hydrogen) atoms. The van der Waals surface area contributed by atoms with Gasteiger partial charge in [-0.2, -0.15) is 4.98 Å². The van der Waals surface area contributed by atoms with Crippen LogP contribution < -0.4 is 10.1 Å². The fraction of sp³-hybridized carbons (Fsp3) is 0.250. The molecule has 0 atom stereocenters. The third-order valence-electron chi connectivity index (χ3n) is 4.15. The quantitative estimate of drug-likeness (QED) is 0.639. The van der Waals surface area contributed by atoms with Crippen molar-refractivity contribution in [2.45, 2.75) is 26.2 Å². The smallest absolute Gasteiger partial charge is 0.226 e. The van der Waals surface area contributed by atoms with Gasteiger partial charge in [0.05, 0.1) is 7.11 Å². The summed E-state index contributed by atoms with van der Waals surface area (Å²) in [6, 6.07) is 12.9. The van der Waals surface area contributed by atoms with E-state index in [0.717, 1.165) is 22.6 Å². The highest BCUT2D eigenvalue weighted by Gasteiger charge is 2.11. The van der Waals surface area contributed by atoms with Gasteiger partial charge in [0.25, 0.3) is 0 Å². The molecule has 0 saturated heterocycles. The Balaban J connectivity index is 1.51. The van der Waals surface area contributed by atoms with Gasteiger partial charge in [0.15, 0.2) is 0 Å². The van der Waals surface area contributed by atoms with Gasteiger partial charge < -0.3 is 14.6 Å². The molecule has 3 aromatic rings. The number of halogens is 1. The molecular formula is C20H20ClN3O3. The molecule has 1 aromatic heterocycles. The number of ether oxygens (including phenoxy) is 1. The molecule has 0 fully saturated rings. The molecule has 6 nitrogen and oxygen atoms in total. The van der Waals surface area contributed by atoms with E-state index in [0.29, 0.717) is 36.0 Å². The second kappa shape index (κ2) is 8.68. The van der Waals surface area contributed by atoms with Gasteiger partial charge in [0, 0.05) is 29.1 Å². The largest absolute Gasteiger partial charge is 0.497 e. The van der Waals surface area contributed by atoms with Crippen LogP contribution in [-0.4, -0.2) is 23.2 Å². The Bertz CT molecular complexity index is 922. The SMILES string of the molecule is COc1ccc(-c2noc(CCCC(=O)Nc3cccc(Cl)c3C)n2)cc1. The first-order valence-corrected chi connectivity index (χ1v) is 8.96. The highest BCUT2D eigenvalue weighted by molar-refractivity contribution is 6.31. The number of benzene rings is 2. The van der Waals surface area contributed by atoms with Gasteiger partial charge in [0.2, 0.25) is 17.6 Å². The Morgan fingerprint density at radius 3 is 2.74 bits per heavy atom. The number of hydrogen-bond acceptors (Lipinski definition) is 5. The topological polar surface area (TPSA) is 77.2 Å². The lowest BCUT2D eigenvalue weighted by Crippen LogP contribution is -2.12. The van der Waals surface area contributed by atoms with Gasteiger partial charge in [-0.15, -0.1) is 0 Å². The molecule has 1 heterocycles. The highest BCUT2D eigenvalue weighted by Crippen LogP contribution is 2.23. The third-order valence-corrected chi connectivity index (χ3v) is 4.56. The highest BCUT2D eigenvalue weighted by atomic mass is 35.5. The molecule has 0 aliphatic carbocycles. The second-order valence-corrected chi connectivity index (χ2v) is 6.46. The Hall–Kier alpha value is -2.86. The fourth-order valence-electron chi connectivity index (χ4n) is 2.57. The number of aromatic nitrogens is 2. The molecule has 0 aliphatic rings. The molecule has 0 aliphatic heterocycles. The number of nitrogens with one attached hydrogen (secondary N) is 1. The van der Waals surface area contributed by atoms with Crippen LogP contribution in [0.4, 0.5) is 5.69 Å². The van der Waals surface area contributed by atoms with Crippen LogP contribution in [0.1, 0.15) is 24.3 Å². The number of nitrogens with zero attached hydrogens (tertiary/aromatic N) is 2. The zero-order valence-electron chi connectivity index (χ0n) is 15.2. The van der Waals surface area contributed by atoms with E-state index in [2.05, 4.69) is 15.5 Å². The van der Waals surface area contributed by atoms with Crippen molar-refractivity contribution < 1.29 is 14.1 Å². The predicted octanol–water partition coefficient (Wildman–Crippen LogP) is 4.67. The van der Waals surface area contributed by atoms with Crippen LogP contribution in [0.15, 0.2) is 47.0 Å². The molecule has 140 valence electrons. The summed E-state index contributed by atoms with van der Waals surface area (Å²) >= 11 is 6.07. The summed E-state index contributed by atoms with van der Waals surface area (Å²) in [5.74, 6) is 1.72. The first-order valence-electron chi connectivity index (χ1n) is 8.59. The Kier molecular flexibility index (Phi) is 6.08. The van der Waals surface area contributed by atoms with Gasteiger partial charge in [-0.25, -0.2) is 0 Å². The third kappa shape index (κ3) is 4.86. The maximum absolute atomic E-state index is 12.1. The Morgan fingerprint density at radius 1 is 1.22 bits per heavy atom. The molecule has 0 bridgehead atoms. The summed E-state index contributed by atoms with van der Waals surface area (Å²) in [7, 11) is 1.62. The molecule has 7 heteroatoms. The fourth-order valence-corrected chi connectivity index (χ4v) is 2.74. The molecule has 0 unspecified atom stereocenters. The molecular weight excluding hydrogens is 366 g/mol. The number of amides is 1. The molecule has 2 aromatic carbocycles. The maximum Gasteiger partial charge on any atom is 0.226 e. The first kappa shape index (κ1) is 18.9. The van der Waals surface area contributed by atoms with E-state index in [1.165, 1.54) is 0 Å². The summed E-state index contributed by atoms with van der Waals surface area (Å²) in [6.45, 7) is 1.87. The van der Waals surface area contributed by atoms with Crippen LogP contribution in [0.25, 0.3) is 11.4 Å². The zero-order valence-corrected chi connectivity index (χ0v) is 15.9. The van der Waals surface area contributed by atoms with Crippen molar-refractivity contribution in [3.05, 3.63) is 58.9 Å². The van der Waals surface area contributed by atoms with E-state index in [1.807, 2.05) is 43.3 Å². The predicted molar refractivity (Wildman–Crippen MR) is 104 cm³/mol. The van der Waals surface area contributed by atoms with Crippen molar-refractivity contribution in [3.63, 3.8) is 0 Å². The van der Waals surface area contributed by atoms with E-state index in [9.17, 15) is 4.79 Å². The molecule has 0 spiro atoms. The standard InChI is InChI=1S/C20H20ClN3O3/c1-13-16(21)5-3-6-17(13)22-18(25)7-4-8-19-23-20(24-27-19)14-9-11-15(26-2)12-10-14/h3,5-6,9-12H,4,7-8H2,1-2H3,(H,22,25). The molecule has 1 amide bonds. The lowest BCUT2D eigenvalue weighted by atomic mass is 10.2.